The first-order valence-corrected chi connectivity index (χ1v) is 9.26. The van der Waals surface area contributed by atoms with Crippen molar-refractivity contribution in [3.8, 4) is 0 Å². The maximum absolute atomic E-state index is 9.15. The van der Waals surface area contributed by atoms with Crippen molar-refractivity contribution in [1.29, 1.82) is 0 Å². The van der Waals surface area contributed by atoms with Crippen LogP contribution in [0.3, 0.4) is 0 Å². The third kappa shape index (κ3) is 3.65. The second-order valence-electron chi connectivity index (χ2n) is 6.49. The maximum atomic E-state index is 9.15. The number of aromatic nitrogens is 2. The molecule has 2 aromatic rings. The van der Waals surface area contributed by atoms with E-state index in [-0.39, 0.29) is 12.6 Å². The van der Waals surface area contributed by atoms with Crippen LogP contribution in [0.15, 0.2) is 0 Å². The van der Waals surface area contributed by atoms with Gasteiger partial charge in [0.15, 0.2) is 0 Å². The van der Waals surface area contributed by atoms with Crippen LogP contribution in [-0.2, 0) is 6.54 Å². The molecule has 1 atom stereocenters. The first-order chi connectivity index (χ1) is 11.1. The fourth-order valence-electron chi connectivity index (χ4n) is 3.11. The Hall–Kier alpha value is -1.24. The molecule has 1 aliphatic heterocycles. The van der Waals surface area contributed by atoms with E-state index in [1.54, 1.807) is 11.3 Å². The smallest absolute Gasteiger partial charge is 0.146 e. The first-order valence-electron chi connectivity index (χ1n) is 8.45. The molecule has 3 heterocycles. The van der Waals surface area contributed by atoms with Crippen molar-refractivity contribution >= 4 is 27.4 Å². The zero-order valence-corrected chi connectivity index (χ0v) is 15.0. The Morgan fingerprint density at radius 2 is 2.00 bits per heavy atom. The van der Waals surface area contributed by atoms with Crippen molar-refractivity contribution in [3.63, 3.8) is 0 Å². The standard InChI is InChI=1S/C17H26N4OS/c1-11(6-9-22)18-16-15-12(2)13(3)23-17(15)20-14(19-16)10-21-7-4-5-8-21/h11,22H,4-10H2,1-3H3,(H,18,19,20)/t11-/m1/s1. The lowest BCUT2D eigenvalue weighted by Crippen LogP contribution is -2.22. The van der Waals surface area contributed by atoms with Gasteiger partial charge in [-0.25, -0.2) is 9.97 Å². The number of hydrogen-bond acceptors (Lipinski definition) is 6. The summed E-state index contributed by atoms with van der Waals surface area (Å²) in [4.78, 5) is 14.4. The molecule has 0 aliphatic carbocycles. The van der Waals surface area contributed by atoms with Gasteiger partial charge in [-0.2, -0.15) is 0 Å². The molecule has 23 heavy (non-hydrogen) atoms. The van der Waals surface area contributed by atoms with Gasteiger partial charge in [-0.15, -0.1) is 11.3 Å². The van der Waals surface area contributed by atoms with E-state index in [1.807, 2.05) is 0 Å². The Balaban J connectivity index is 1.95. The van der Waals surface area contributed by atoms with Crippen molar-refractivity contribution in [1.82, 2.24) is 14.9 Å². The predicted molar refractivity (Wildman–Crippen MR) is 96.2 cm³/mol. The molecule has 3 rings (SSSR count). The van der Waals surface area contributed by atoms with Crippen molar-refractivity contribution < 1.29 is 5.11 Å². The number of rotatable bonds is 6. The lowest BCUT2D eigenvalue weighted by molar-refractivity contribution is 0.282. The number of nitrogens with zero attached hydrogens (tertiary/aromatic N) is 3. The summed E-state index contributed by atoms with van der Waals surface area (Å²) < 4.78 is 0. The molecule has 1 fully saturated rings. The largest absolute Gasteiger partial charge is 0.396 e. The van der Waals surface area contributed by atoms with Gasteiger partial charge in [-0.3, -0.25) is 4.90 Å². The molecule has 2 aromatic heterocycles. The summed E-state index contributed by atoms with van der Waals surface area (Å²) >= 11 is 1.75. The van der Waals surface area contributed by atoms with Crippen LogP contribution in [0.25, 0.3) is 10.2 Å². The molecule has 5 nitrogen and oxygen atoms in total. The van der Waals surface area contributed by atoms with Crippen LogP contribution in [0.2, 0.25) is 0 Å². The predicted octanol–water partition coefficient (Wildman–Crippen LogP) is 3.09. The highest BCUT2D eigenvalue weighted by atomic mass is 32.1. The van der Waals surface area contributed by atoms with Crippen molar-refractivity contribution in [3.05, 3.63) is 16.3 Å². The van der Waals surface area contributed by atoms with Crippen LogP contribution in [0.5, 0.6) is 0 Å². The number of anilines is 1. The lowest BCUT2D eigenvalue weighted by atomic mass is 10.2. The Kier molecular flexibility index (Phi) is 5.14. The topological polar surface area (TPSA) is 61.3 Å². The SMILES string of the molecule is Cc1sc2nc(CN3CCCC3)nc(N[C@H](C)CCO)c2c1C. The number of nitrogens with one attached hydrogen (secondary N) is 1. The Morgan fingerprint density at radius 3 is 2.70 bits per heavy atom. The van der Waals surface area contributed by atoms with Crippen LogP contribution in [0.1, 0.15) is 42.5 Å². The third-order valence-electron chi connectivity index (χ3n) is 4.58. The Labute approximate surface area is 141 Å². The quantitative estimate of drug-likeness (QED) is 0.850. The van der Waals surface area contributed by atoms with E-state index in [0.29, 0.717) is 0 Å². The van der Waals surface area contributed by atoms with E-state index in [9.17, 15) is 0 Å². The number of fused-ring (bicyclic) bond motifs is 1. The summed E-state index contributed by atoms with van der Waals surface area (Å²) in [6, 6.07) is 0.192. The summed E-state index contributed by atoms with van der Waals surface area (Å²) in [6.45, 7) is 9.67. The Bertz CT molecular complexity index is 679. The summed E-state index contributed by atoms with van der Waals surface area (Å²) in [5, 5.41) is 13.8. The molecule has 1 saturated heterocycles. The average Bonchev–Trinajstić information content (AvgIpc) is 3.08. The van der Waals surface area contributed by atoms with Crippen molar-refractivity contribution in [2.75, 3.05) is 25.0 Å². The Morgan fingerprint density at radius 1 is 1.26 bits per heavy atom. The molecular formula is C17H26N4OS. The van der Waals surface area contributed by atoms with Crippen molar-refractivity contribution in [2.24, 2.45) is 0 Å². The molecule has 6 heteroatoms. The lowest BCUT2D eigenvalue weighted by Gasteiger charge is -2.17. The van der Waals surface area contributed by atoms with Gasteiger partial charge in [0, 0.05) is 17.5 Å². The molecule has 0 unspecified atom stereocenters. The normalized spacial score (nSPS) is 17.0. The maximum Gasteiger partial charge on any atom is 0.146 e. The number of aliphatic hydroxyl groups excluding tert-OH is 1. The average molecular weight is 334 g/mol. The van der Waals surface area contributed by atoms with Gasteiger partial charge in [0.2, 0.25) is 0 Å². The molecular weight excluding hydrogens is 308 g/mol. The van der Waals surface area contributed by atoms with Gasteiger partial charge < -0.3 is 10.4 Å². The highest BCUT2D eigenvalue weighted by Crippen LogP contribution is 2.34. The monoisotopic (exact) mass is 334 g/mol. The second-order valence-corrected chi connectivity index (χ2v) is 7.70. The highest BCUT2D eigenvalue weighted by molar-refractivity contribution is 7.18. The van der Waals surface area contributed by atoms with E-state index < -0.39 is 0 Å². The number of aliphatic hydroxyl groups is 1. The summed E-state index contributed by atoms with van der Waals surface area (Å²) in [5.41, 5.74) is 1.26. The molecule has 0 saturated carbocycles. The minimum Gasteiger partial charge on any atom is -0.396 e. The molecule has 2 N–H and O–H groups in total. The fraction of sp³-hybridized carbons (Fsp3) is 0.647. The molecule has 1 aliphatic rings. The zero-order chi connectivity index (χ0) is 16.4. The van der Waals surface area contributed by atoms with Crippen LogP contribution in [-0.4, -0.2) is 45.7 Å². The van der Waals surface area contributed by atoms with Gasteiger partial charge in [0.25, 0.3) is 0 Å². The van der Waals surface area contributed by atoms with Gasteiger partial charge >= 0.3 is 0 Å². The van der Waals surface area contributed by atoms with Crippen LogP contribution in [0, 0.1) is 13.8 Å². The van der Waals surface area contributed by atoms with Crippen LogP contribution >= 0.6 is 11.3 Å². The number of likely N-dealkylation sites (tertiary alicyclic amines) is 1. The van der Waals surface area contributed by atoms with E-state index in [2.05, 4.69) is 31.0 Å². The van der Waals surface area contributed by atoms with E-state index in [0.717, 1.165) is 47.9 Å². The minimum absolute atomic E-state index is 0.185. The first kappa shape index (κ1) is 16.6. The summed E-state index contributed by atoms with van der Waals surface area (Å²) in [5.74, 6) is 1.83. The molecule has 0 bridgehead atoms. The van der Waals surface area contributed by atoms with Gasteiger partial charge in [0.1, 0.15) is 16.5 Å². The number of aryl methyl sites for hydroxylation is 2. The molecule has 0 radical (unpaired) electrons. The molecule has 0 spiro atoms. The molecule has 0 amide bonds. The van der Waals surface area contributed by atoms with Gasteiger partial charge in [0.05, 0.1) is 11.9 Å². The second kappa shape index (κ2) is 7.11. The highest BCUT2D eigenvalue weighted by Gasteiger charge is 2.18. The number of hydrogen-bond donors (Lipinski definition) is 2. The minimum atomic E-state index is 0.185. The number of thiophene rings is 1. The zero-order valence-electron chi connectivity index (χ0n) is 14.2. The molecule has 0 aromatic carbocycles. The van der Waals surface area contributed by atoms with Crippen LogP contribution < -0.4 is 5.32 Å². The summed E-state index contributed by atoms with van der Waals surface area (Å²) in [6.07, 6.45) is 3.27. The van der Waals surface area contributed by atoms with E-state index in [1.165, 1.54) is 23.3 Å². The van der Waals surface area contributed by atoms with Crippen molar-refractivity contribution in [2.45, 2.75) is 52.6 Å². The van der Waals surface area contributed by atoms with Crippen LogP contribution in [0.4, 0.5) is 5.82 Å². The fourth-order valence-corrected chi connectivity index (χ4v) is 4.16. The van der Waals surface area contributed by atoms with E-state index in [4.69, 9.17) is 15.1 Å². The van der Waals surface area contributed by atoms with Gasteiger partial charge in [-0.1, -0.05) is 0 Å². The van der Waals surface area contributed by atoms with E-state index >= 15 is 0 Å². The third-order valence-corrected chi connectivity index (χ3v) is 5.69. The molecule has 126 valence electrons. The van der Waals surface area contributed by atoms with Gasteiger partial charge in [-0.05, 0) is 58.7 Å². The summed E-state index contributed by atoms with van der Waals surface area (Å²) in [7, 11) is 0.